The molecule has 0 aromatic carbocycles. The summed E-state index contributed by atoms with van der Waals surface area (Å²) in [6.45, 7) is 0.468. The zero-order chi connectivity index (χ0) is 9.90. The number of ether oxygens (including phenoxy) is 1. The number of hydrogen-bond acceptors (Lipinski definition) is 2. The molecule has 1 fully saturated rings. The topological polar surface area (TPSA) is 26.3 Å². The van der Waals surface area contributed by atoms with Crippen molar-refractivity contribution in [1.82, 2.24) is 0 Å². The van der Waals surface area contributed by atoms with Crippen LogP contribution in [0.5, 0.6) is 0 Å². The average molecular weight is 196 g/mol. The predicted octanol–water partition coefficient (Wildman–Crippen LogP) is 2.08. The van der Waals surface area contributed by atoms with Crippen LogP contribution >= 0.6 is 0 Å². The van der Waals surface area contributed by atoms with Crippen LogP contribution in [0.15, 0.2) is 0 Å². The fourth-order valence-electron chi connectivity index (χ4n) is 1.29. The van der Waals surface area contributed by atoms with Gasteiger partial charge in [-0.25, -0.2) is 0 Å². The van der Waals surface area contributed by atoms with Crippen molar-refractivity contribution in [2.24, 2.45) is 0 Å². The Kier molecular flexibility index (Phi) is 3.30. The number of rotatable bonds is 2. The Morgan fingerprint density at radius 1 is 1.38 bits per heavy atom. The van der Waals surface area contributed by atoms with Gasteiger partial charge in [-0.05, 0) is 19.3 Å². The first-order chi connectivity index (χ1) is 6.00. The highest BCUT2D eigenvalue weighted by Gasteiger charge is 2.39. The van der Waals surface area contributed by atoms with Crippen molar-refractivity contribution in [2.45, 2.75) is 38.0 Å². The van der Waals surface area contributed by atoms with Crippen LogP contribution in [-0.4, -0.2) is 24.7 Å². The van der Waals surface area contributed by atoms with E-state index in [1.165, 1.54) is 0 Å². The Hall–Kier alpha value is -0.580. The molecule has 1 saturated heterocycles. The third-order valence-corrected chi connectivity index (χ3v) is 2.00. The first kappa shape index (κ1) is 10.5. The van der Waals surface area contributed by atoms with Gasteiger partial charge in [-0.1, -0.05) is 0 Å². The number of Topliss-reactive ketones (excluding diaryl/α,β-unsaturated/α-hetero) is 1. The first-order valence-electron chi connectivity index (χ1n) is 4.22. The molecule has 0 saturated carbocycles. The van der Waals surface area contributed by atoms with E-state index in [0.29, 0.717) is 13.0 Å². The lowest BCUT2D eigenvalue weighted by molar-refractivity contribution is -0.174. The fourth-order valence-corrected chi connectivity index (χ4v) is 1.29. The summed E-state index contributed by atoms with van der Waals surface area (Å²) in [6.07, 6.45) is -3.48. The van der Waals surface area contributed by atoms with E-state index in [4.69, 9.17) is 4.74 Å². The second kappa shape index (κ2) is 4.09. The standard InChI is InChI=1S/C8H11F3O2/c9-8(10,11)7(12)5-6-3-1-2-4-13-6/h6H,1-5H2. The molecule has 0 radical (unpaired) electrons. The monoisotopic (exact) mass is 196 g/mol. The number of alkyl halides is 3. The van der Waals surface area contributed by atoms with E-state index < -0.39 is 24.5 Å². The van der Waals surface area contributed by atoms with Crippen LogP contribution in [0.4, 0.5) is 13.2 Å². The lowest BCUT2D eigenvalue weighted by atomic mass is 10.0. The van der Waals surface area contributed by atoms with E-state index in [1.54, 1.807) is 0 Å². The van der Waals surface area contributed by atoms with Gasteiger partial charge in [-0.3, -0.25) is 4.79 Å². The molecule has 1 aliphatic rings. The highest BCUT2D eigenvalue weighted by atomic mass is 19.4. The Bertz CT molecular complexity index is 182. The third kappa shape index (κ3) is 3.34. The molecule has 0 bridgehead atoms. The number of carbonyl (C=O) groups excluding carboxylic acids is 1. The van der Waals surface area contributed by atoms with E-state index in [0.717, 1.165) is 12.8 Å². The molecule has 1 rings (SSSR count). The van der Waals surface area contributed by atoms with Crippen LogP contribution in [0.2, 0.25) is 0 Å². The molecule has 0 aromatic heterocycles. The summed E-state index contributed by atoms with van der Waals surface area (Å²) in [5.41, 5.74) is 0. The van der Waals surface area contributed by atoms with Crippen LogP contribution in [0, 0.1) is 0 Å². The smallest absolute Gasteiger partial charge is 0.378 e. The summed E-state index contributed by atoms with van der Waals surface area (Å²) < 4.78 is 40.4. The molecule has 0 amide bonds. The SMILES string of the molecule is O=C(CC1CCCCO1)C(F)(F)F. The van der Waals surface area contributed by atoms with Gasteiger partial charge < -0.3 is 4.74 Å². The molecule has 0 spiro atoms. The summed E-state index contributed by atoms with van der Waals surface area (Å²) in [4.78, 5) is 10.5. The molecule has 0 aromatic rings. The third-order valence-electron chi connectivity index (χ3n) is 2.00. The second-order valence-corrected chi connectivity index (χ2v) is 3.11. The van der Waals surface area contributed by atoms with Gasteiger partial charge >= 0.3 is 6.18 Å². The minimum Gasteiger partial charge on any atom is -0.378 e. The van der Waals surface area contributed by atoms with Crippen LogP contribution in [0.3, 0.4) is 0 Å². The minimum atomic E-state index is -4.71. The molecule has 2 nitrogen and oxygen atoms in total. The van der Waals surface area contributed by atoms with Crippen molar-refractivity contribution in [1.29, 1.82) is 0 Å². The first-order valence-corrected chi connectivity index (χ1v) is 4.22. The van der Waals surface area contributed by atoms with E-state index in [-0.39, 0.29) is 0 Å². The maximum atomic E-state index is 11.8. The highest BCUT2D eigenvalue weighted by Crippen LogP contribution is 2.23. The molecule has 13 heavy (non-hydrogen) atoms. The number of ketones is 1. The lowest BCUT2D eigenvalue weighted by Gasteiger charge is -2.22. The summed E-state index contributed by atoms with van der Waals surface area (Å²) in [6, 6.07) is 0. The van der Waals surface area contributed by atoms with Crippen molar-refractivity contribution in [3.8, 4) is 0 Å². The van der Waals surface area contributed by atoms with Crippen LogP contribution in [0.1, 0.15) is 25.7 Å². The molecule has 1 heterocycles. The van der Waals surface area contributed by atoms with Gasteiger partial charge in [0.05, 0.1) is 6.10 Å². The van der Waals surface area contributed by atoms with Gasteiger partial charge in [0.1, 0.15) is 0 Å². The predicted molar refractivity (Wildman–Crippen MR) is 39.3 cm³/mol. The molecular formula is C8H11F3O2. The largest absolute Gasteiger partial charge is 0.450 e. The minimum absolute atomic E-state index is 0.468. The molecule has 76 valence electrons. The van der Waals surface area contributed by atoms with Gasteiger partial charge in [0.15, 0.2) is 0 Å². The lowest BCUT2D eigenvalue weighted by Crippen LogP contribution is -2.30. The summed E-state index contributed by atoms with van der Waals surface area (Å²) in [7, 11) is 0. The van der Waals surface area contributed by atoms with Gasteiger partial charge in [-0.2, -0.15) is 13.2 Å². The number of hydrogen-bond donors (Lipinski definition) is 0. The zero-order valence-electron chi connectivity index (χ0n) is 7.06. The van der Waals surface area contributed by atoms with Gasteiger partial charge in [0.2, 0.25) is 5.78 Å². The van der Waals surface area contributed by atoms with Gasteiger partial charge in [0.25, 0.3) is 0 Å². The molecule has 5 heteroatoms. The molecule has 1 aliphatic heterocycles. The Morgan fingerprint density at radius 2 is 2.08 bits per heavy atom. The van der Waals surface area contributed by atoms with Crippen molar-refractivity contribution in [3.05, 3.63) is 0 Å². The van der Waals surface area contributed by atoms with Crippen molar-refractivity contribution in [2.75, 3.05) is 6.61 Å². The van der Waals surface area contributed by atoms with Crippen molar-refractivity contribution >= 4 is 5.78 Å². The van der Waals surface area contributed by atoms with Crippen LogP contribution < -0.4 is 0 Å². The number of halogens is 3. The molecule has 0 aliphatic carbocycles. The Morgan fingerprint density at radius 3 is 2.54 bits per heavy atom. The quantitative estimate of drug-likeness (QED) is 0.675. The maximum Gasteiger partial charge on any atom is 0.450 e. The highest BCUT2D eigenvalue weighted by molar-refractivity contribution is 5.84. The summed E-state index contributed by atoms with van der Waals surface area (Å²) in [5, 5.41) is 0. The maximum absolute atomic E-state index is 11.8. The zero-order valence-corrected chi connectivity index (χ0v) is 7.06. The van der Waals surface area contributed by atoms with Crippen LogP contribution in [-0.2, 0) is 9.53 Å². The van der Waals surface area contributed by atoms with Crippen molar-refractivity contribution in [3.63, 3.8) is 0 Å². The van der Waals surface area contributed by atoms with Gasteiger partial charge in [0, 0.05) is 13.0 Å². The van der Waals surface area contributed by atoms with E-state index >= 15 is 0 Å². The Balaban J connectivity index is 2.35. The molecule has 0 N–H and O–H groups in total. The van der Waals surface area contributed by atoms with Gasteiger partial charge in [-0.15, -0.1) is 0 Å². The van der Waals surface area contributed by atoms with E-state index in [1.807, 2.05) is 0 Å². The Labute approximate surface area is 74.1 Å². The summed E-state index contributed by atoms with van der Waals surface area (Å²) in [5.74, 6) is -1.68. The number of carbonyl (C=O) groups is 1. The van der Waals surface area contributed by atoms with Crippen molar-refractivity contribution < 1.29 is 22.7 Å². The molecular weight excluding hydrogens is 185 g/mol. The van der Waals surface area contributed by atoms with E-state index in [9.17, 15) is 18.0 Å². The molecule has 1 atom stereocenters. The van der Waals surface area contributed by atoms with Crippen LogP contribution in [0.25, 0.3) is 0 Å². The second-order valence-electron chi connectivity index (χ2n) is 3.11. The average Bonchev–Trinajstić information content (AvgIpc) is 2.04. The van der Waals surface area contributed by atoms with E-state index in [2.05, 4.69) is 0 Å². The summed E-state index contributed by atoms with van der Waals surface area (Å²) >= 11 is 0. The normalized spacial score (nSPS) is 24.4. The molecule has 1 unspecified atom stereocenters. The fraction of sp³-hybridized carbons (Fsp3) is 0.875.